The molecule has 1 fully saturated rings. The predicted octanol–water partition coefficient (Wildman–Crippen LogP) is 3.59. The summed E-state index contributed by atoms with van der Waals surface area (Å²) in [6.07, 6.45) is 6.03. The van der Waals surface area contributed by atoms with Crippen LogP contribution in [0.3, 0.4) is 0 Å². The standard InChI is InChI=1S/C19H21ClF2N4O2/c1-23-19(28)26-9-12(24-10-26)8-15(27)25-18(11-4-2-3-5-11)16-14(21)7-6-13(20)17(16)22/h6-7,9-11,18H,2-5,8H2,1H3,(H,23,28)(H,25,27)/t18-/m0/s1. The van der Waals surface area contributed by atoms with Crippen LogP contribution in [0, 0.1) is 17.6 Å². The van der Waals surface area contributed by atoms with Crippen molar-refractivity contribution >= 4 is 23.5 Å². The Kier molecular flexibility index (Phi) is 6.28. The normalized spacial score (nSPS) is 15.4. The molecule has 150 valence electrons. The fourth-order valence-electron chi connectivity index (χ4n) is 3.63. The number of rotatable bonds is 5. The summed E-state index contributed by atoms with van der Waals surface area (Å²) in [6.45, 7) is 0. The maximum absolute atomic E-state index is 14.6. The molecule has 28 heavy (non-hydrogen) atoms. The summed E-state index contributed by atoms with van der Waals surface area (Å²) in [6, 6.07) is 1.08. The van der Waals surface area contributed by atoms with Crippen molar-refractivity contribution in [1.29, 1.82) is 0 Å². The van der Waals surface area contributed by atoms with E-state index in [1.807, 2.05) is 0 Å². The number of carbonyl (C=O) groups excluding carboxylic acids is 2. The van der Waals surface area contributed by atoms with E-state index in [-0.39, 0.29) is 29.0 Å². The van der Waals surface area contributed by atoms with Crippen molar-refractivity contribution in [3.8, 4) is 0 Å². The maximum Gasteiger partial charge on any atom is 0.326 e. The van der Waals surface area contributed by atoms with Gasteiger partial charge < -0.3 is 10.6 Å². The Bertz CT molecular complexity index is 881. The summed E-state index contributed by atoms with van der Waals surface area (Å²) in [4.78, 5) is 28.2. The molecule has 0 aliphatic heterocycles. The zero-order valence-corrected chi connectivity index (χ0v) is 16.1. The quantitative estimate of drug-likeness (QED) is 0.739. The predicted molar refractivity (Wildman–Crippen MR) is 100.0 cm³/mol. The third-order valence-corrected chi connectivity index (χ3v) is 5.30. The van der Waals surface area contributed by atoms with E-state index in [1.165, 1.54) is 24.1 Å². The Morgan fingerprint density at radius 1 is 1.32 bits per heavy atom. The van der Waals surface area contributed by atoms with Gasteiger partial charge in [-0.2, -0.15) is 0 Å². The van der Waals surface area contributed by atoms with E-state index in [0.29, 0.717) is 5.69 Å². The van der Waals surface area contributed by atoms with E-state index in [1.54, 1.807) is 0 Å². The molecule has 1 aromatic carbocycles. The van der Waals surface area contributed by atoms with Crippen LogP contribution in [0.25, 0.3) is 0 Å². The molecule has 1 heterocycles. The molecule has 6 nitrogen and oxygen atoms in total. The number of benzene rings is 1. The van der Waals surface area contributed by atoms with E-state index in [9.17, 15) is 18.4 Å². The molecule has 0 unspecified atom stereocenters. The summed E-state index contributed by atoms with van der Waals surface area (Å²) >= 11 is 5.84. The molecule has 9 heteroatoms. The Labute approximate surface area is 166 Å². The highest BCUT2D eigenvalue weighted by molar-refractivity contribution is 6.30. The molecule has 0 radical (unpaired) electrons. The first-order valence-electron chi connectivity index (χ1n) is 9.08. The number of nitrogens with one attached hydrogen (secondary N) is 2. The molecule has 1 aliphatic rings. The van der Waals surface area contributed by atoms with Crippen LogP contribution >= 0.6 is 11.6 Å². The third kappa shape index (κ3) is 4.32. The molecule has 1 atom stereocenters. The smallest absolute Gasteiger partial charge is 0.326 e. The molecule has 1 saturated carbocycles. The van der Waals surface area contributed by atoms with Crippen LogP contribution in [0.15, 0.2) is 24.7 Å². The molecular formula is C19H21ClF2N4O2. The number of imidazole rings is 1. The van der Waals surface area contributed by atoms with Gasteiger partial charge in [-0.1, -0.05) is 24.4 Å². The minimum absolute atomic E-state index is 0.0742. The Hall–Kier alpha value is -2.48. The molecule has 1 aliphatic carbocycles. The molecule has 2 aromatic rings. The van der Waals surface area contributed by atoms with Crippen LogP contribution in [0.2, 0.25) is 5.02 Å². The molecular weight excluding hydrogens is 390 g/mol. The molecule has 2 N–H and O–H groups in total. The zero-order chi connectivity index (χ0) is 20.3. The molecule has 1 aromatic heterocycles. The SMILES string of the molecule is CNC(=O)n1cnc(CC(=O)N[C@H](c2c(F)ccc(Cl)c2F)C2CCCC2)c1. The van der Waals surface area contributed by atoms with E-state index in [4.69, 9.17) is 11.6 Å². The Morgan fingerprint density at radius 3 is 2.71 bits per heavy atom. The van der Waals surface area contributed by atoms with Gasteiger partial charge in [-0.15, -0.1) is 0 Å². The first-order valence-corrected chi connectivity index (χ1v) is 9.46. The van der Waals surface area contributed by atoms with Crippen LogP contribution in [-0.4, -0.2) is 28.5 Å². The fourth-order valence-corrected chi connectivity index (χ4v) is 3.79. The number of carbonyl (C=O) groups is 2. The minimum Gasteiger partial charge on any atom is -0.348 e. The van der Waals surface area contributed by atoms with Crippen molar-refractivity contribution in [2.45, 2.75) is 38.1 Å². The topological polar surface area (TPSA) is 76.0 Å². The lowest BCUT2D eigenvalue weighted by Gasteiger charge is -2.26. The number of halogens is 3. The Balaban J connectivity index is 1.80. The van der Waals surface area contributed by atoms with Crippen LogP contribution in [-0.2, 0) is 11.2 Å². The summed E-state index contributed by atoms with van der Waals surface area (Å²) < 4.78 is 30.2. The first kappa shape index (κ1) is 20.3. The Morgan fingerprint density at radius 2 is 2.04 bits per heavy atom. The monoisotopic (exact) mass is 410 g/mol. The van der Waals surface area contributed by atoms with Gasteiger partial charge in [-0.3, -0.25) is 9.36 Å². The average molecular weight is 411 g/mol. The number of hydrogen-bond donors (Lipinski definition) is 2. The lowest BCUT2D eigenvalue weighted by molar-refractivity contribution is -0.121. The summed E-state index contributed by atoms with van der Waals surface area (Å²) in [5.74, 6) is -2.08. The number of aromatic nitrogens is 2. The average Bonchev–Trinajstić information content (AvgIpc) is 3.35. The summed E-state index contributed by atoms with van der Waals surface area (Å²) in [5, 5.41) is 5.02. The van der Waals surface area contributed by atoms with E-state index in [0.717, 1.165) is 37.8 Å². The lowest BCUT2D eigenvalue weighted by atomic mass is 9.90. The van der Waals surface area contributed by atoms with Gasteiger partial charge in [0.25, 0.3) is 0 Å². The third-order valence-electron chi connectivity index (χ3n) is 5.00. The highest BCUT2D eigenvalue weighted by Gasteiger charge is 2.32. The fraction of sp³-hybridized carbons (Fsp3) is 0.421. The van der Waals surface area contributed by atoms with Gasteiger partial charge >= 0.3 is 6.03 Å². The van der Waals surface area contributed by atoms with Crippen molar-refractivity contribution < 1.29 is 18.4 Å². The van der Waals surface area contributed by atoms with Crippen LogP contribution < -0.4 is 10.6 Å². The van der Waals surface area contributed by atoms with Crippen molar-refractivity contribution in [2.75, 3.05) is 7.05 Å². The second-order valence-electron chi connectivity index (χ2n) is 6.85. The number of amides is 2. The minimum atomic E-state index is -0.845. The van der Waals surface area contributed by atoms with Crippen molar-refractivity contribution in [2.24, 2.45) is 5.92 Å². The van der Waals surface area contributed by atoms with Gasteiger partial charge in [-0.25, -0.2) is 18.6 Å². The summed E-state index contributed by atoms with van der Waals surface area (Å²) in [5.41, 5.74) is 0.168. The van der Waals surface area contributed by atoms with Crippen molar-refractivity contribution in [3.05, 3.63) is 52.6 Å². The molecule has 0 saturated heterocycles. The van der Waals surface area contributed by atoms with Gasteiger partial charge in [0.15, 0.2) is 0 Å². The van der Waals surface area contributed by atoms with E-state index < -0.39 is 23.6 Å². The van der Waals surface area contributed by atoms with Crippen LogP contribution in [0.4, 0.5) is 13.6 Å². The van der Waals surface area contributed by atoms with Gasteiger partial charge in [-0.05, 0) is 30.9 Å². The lowest BCUT2D eigenvalue weighted by Crippen LogP contribution is -2.35. The maximum atomic E-state index is 14.6. The number of nitrogens with zero attached hydrogens (tertiary/aromatic N) is 2. The van der Waals surface area contributed by atoms with Gasteiger partial charge in [0.05, 0.1) is 23.2 Å². The number of hydrogen-bond acceptors (Lipinski definition) is 3. The highest BCUT2D eigenvalue weighted by atomic mass is 35.5. The summed E-state index contributed by atoms with van der Waals surface area (Å²) in [7, 11) is 1.48. The molecule has 0 bridgehead atoms. The van der Waals surface area contributed by atoms with E-state index in [2.05, 4.69) is 15.6 Å². The largest absolute Gasteiger partial charge is 0.348 e. The highest BCUT2D eigenvalue weighted by Crippen LogP contribution is 2.39. The van der Waals surface area contributed by atoms with Crippen molar-refractivity contribution in [3.63, 3.8) is 0 Å². The molecule has 2 amide bonds. The zero-order valence-electron chi connectivity index (χ0n) is 15.3. The van der Waals surface area contributed by atoms with Crippen LogP contribution in [0.5, 0.6) is 0 Å². The second-order valence-corrected chi connectivity index (χ2v) is 7.26. The molecule has 3 rings (SSSR count). The van der Waals surface area contributed by atoms with Gasteiger partial charge in [0, 0.05) is 18.8 Å². The molecule has 0 spiro atoms. The second kappa shape index (κ2) is 8.68. The van der Waals surface area contributed by atoms with E-state index >= 15 is 0 Å². The van der Waals surface area contributed by atoms with Gasteiger partial charge in [0.2, 0.25) is 5.91 Å². The first-order chi connectivity index (χ1) is 13.4. The van der Waals surface area contributed by atoms with Crippen LogP contribution in [0.1, 0.15) is 43.0 Å². The van der Waals surface area contributed by atoms with Gasteiger partial charge in [0.1, 0.15) is 18.0 Å². The van der Waals surface area contributed by atoms with Crippen molar-refractivity contribution in [1.82, 2.24) is 20.2 Å².